The van der Waals surface area contributed by atoms with E-state index in [0.29, 0.717) is 23.9 Å². The van der Waals surface area contributed by atoms with Gasteiger partial charge in [0.25, 0.3) is 0 Å². The Morgan fingerprint density at radius 2 is 2.14 bits per heavy atom. The van der Waals surface area contributed by atoms with Gasteiger partial charge in [0.05, 0.1) is 18.1 Å². The third kappa shape index (κ3) is 7.67. The van der Waals surface area contributed by atoms with Crippen LogP contribution in [-0.2, 0) is 18.4 Å². The SMILES string of the molecule is CCNC(=NCCC(=O)Nc1cccc(C)n1)N(C)Cc1cc(Cl)cn1C.I. The fourth-order valence-electron chi connectivity index (χ4n) is 2.59. The molecule has 0 aromatic carbocycles. The number of aliphatic imine (C=N–C) groups is 1. The summed E-state index contributed by atoms with van der Waals surface area (Å²) in [5, 5.41) is 6.76. The number of carbonyl (C=O) groups is 1. The Morgan fingerprint density at radius 3 is 2.75 bits per heavy atom. The number of nitrogens with zero attached hydrogens (tertiary/aromatic N) is 4. The number of guanidine groups is 1. The first-order valence-electron chi connectivity index (χ1n) is 8.92. The average molecular weight is 519 g/mol. The molecule has 0 aliphatic carbocycles. The van der Waals surface area contributed by atoms with E-state index < -0.39 is 0 Å². The van der Waals surface area contributed by atoms with Crippen LogP contribution >= 0.6 is 35.6 Å². The molecule has 0 atom stereocenters. The van der Waals surface area contributed by atoms with Gasteiger partial charge in [0.1, 0.15) is 5.82 Å². The Morgan fingerprint density at radius 1 is 1.39 bits per heavy atom. The average Bonchev–Trinajstić information content (AvgIpc) is 2.91. The van der Waals surface area contributed by atoms with Crippen molar-refractivity contribution in [2.24, 2.45) is 12.0 Å². The van der Waals surface area contributed by atoms with E-state index in [1.807, 2.05) is 61.8 Å². The van der Waals surface area contributed by atoms with Crippen molar-refractivity contribution < 1.29 is 4.79 Å². The molecule has 0 unspecified atom stereocenters. The number of aryl methyl sites for hydroxylation is 2. The molecule has 2 heterocycles. The Hall–Kier alpha value is -1.81. The second-order valence-corrected chi connectivity index (χ2v) is 6.75. The van der Waals surface area contributed by atoms with Crippen molar-refractivity contribution in [3.63, 3.8) is 0 Å². The van der Waals surface area contributed by atoms with Gasteiger partial charge in [-0.2, -0.15) is 0 Å². The number of hydrogen-bond acceptors (Lipinski definition) is 3. The molecule has 154 valence electrons. The number of halogens is 2. The predicted octanol–water partition coefficient (Wildman–Crippen LogP) is 3.43. The number of pyridine rings is 1. The number of amides is 1. The second kappa shape index (κ2) is 11.9. The van der Waals surface area contributed by atoms with Crippen LogP contribution in [0.2, 0.25) is 5.02 Å². The maximum absolute atomic E-state index is 12.1. The van der Waals surface area contributed by atoms with E-state index in [0.717, 1.165) is 23.9 Å². The highest BCUT2D eigenvalue weighted by molar-refractivity contribution is 14.0. The molecule has 0 saturated heterocycles. The second-order valence-electron chi connectivity index (χ2n) is 6.31. The molecule has 0 radical (unpaired) electrons. The molecule has 0 aliphatic rings. The standard InChI is InChI=1S/C19H27ClN6O.HI/c1-5-21-19(26(4)13-16-11-15(20)12-25(16)3)22-10-9-18(27)24-17-8-6-7-14(2)23-17;/h6-8,11-12H,5,9-10,13H2,1-4H3,(H,21,22)(H,23,24,27);1H. The summed E-state index contributed by atoms with van der Waals surface area (Å²) in [5.41, 5.74) is 1.94. The Kier molecular flexibility index (Phi) is 10.3. The van der Waals surface area contributed by atoms with Crippen LogP contribution < -0.4 is 10.6 Å². The molecule has 0 spiro atoms. The maximum atomic E-state index is 12.1. The highest BCUT2D eigenvalue weighted by atomic mass is 127. The topological polar surface area (TPSA) is 74.5 Å². The Bertz CT molecular complexity index is 807. The van der Waals surface area contributed by atoms with Crippen molar-refractivity contribution >= 4 is 53.3 Å². The molecule has 2 N–H and O–H groups in total. The lowest BCUT2D eigenvalue weighted by molar-refractivity contribution is -0.116. The van der Waals surface area contributed by atoms with Crippen LogP contribution in [0.3, 0.4) is 0 Å². The molecule has 2 aromatic heterocycles. The number of anilines is 1. The predicted molar refractivity (Wildman–Crippen MR) is 126 cm³/mol. The van der Waals surface area contributed by atoms with Crippen molar-refractivity contribution in [2.75, 3.05) is 25.5 Å². The zero-order valence-electron chi connectivity index (χ0n) is 16.7. The van der Waals surface area contributed by atoms with E-state index in [1.165, 1.54) is 0 Å². The van der Waals surface area contributed by atoms with Gasteiger partial charge in [-0.3, -0.25) is 9.79 Å². The summed E-state index contributed by atoms with van der Waals surface area (Å²) in [6.45, 7) is 5.69. The zero-order chi connectivity index (χ0) is 19.8. The van der Waals surface area contributed by atoms with Gasteiger partial charge < -0.3 is 20.1 Å². The van der Waals surface area contributed by atoms with Crippen LogP contribution in [0.1, 0.15) is 24.7 Å². The first-order chi connectivity index (χ1) is 12.9. The fraction of sp³-hybridized carbons (Fsp3) is 0.421. The van der Waals surface area contributed by atoms with E-state index in [2.05, 4.69) is 20.6 Å². The summed E-state index contributed by atoms with van der Waals surface area (Å²) < 4.78 is 1.99. The monoisotopic (exact) mass is 518 g/mol. The first kappa shape index (κ1) is 24.2. The number of carbonyl (C=O) groups excluding carboxylic acids is 1. The molecule has 0 fully saturated rings. The summed E-state index contributed by atoms with van der Waals surface area (Å²) >= 11 is 6.05. The fourth-order valence-corrected chi connectivity index (χ4v) is 2.86. The molecule has 0 aliphatic heterocycles. The van der Waals surface area contributed by atoms with Crippen molar-refractivity contribution in [1.82, 2.24) is 19.8 Å². The molecule has 28 heavy (non-hydrogen) atoms. The third-order valence-corrected chi connectivity index (χ3v) is 4.13. The zero-order valence-corrected chi connectivity index (χ0v) is 19.8. The normalized spacial score (nSPS) is 11.0. The van der Waals surface area contributed by atoms with Crippen molar-refractivity contribution in [3.05, 3.63) is 46.9 Å². The number of hydrogen-bond donors (Lipinski definition) is 2. The lowest BCUT2D eigenvalue weighted by atomic mass is 10.3. The van der Waals surface area contributed by atoms with E-state index in [-0.39, 0.29) is 36.3 Å². The van der Waals surface area contributed by atoms with Crippen LogP contribution in [0.15, 0.2) is 35.5 Å². The van der Waals surface area contributed by atoms with Crippen molar-refractivity contribution in [1.29, 1.82) is 0 Å². The van der Waals surface area contributed by atoms with E-state index in [1.54, 1.807) is 6.07 Å². The lowest BCUT2D eigenvalue weighted by Gasteiger charge is -2.22. The minimum absolute atomic E-state index is 0. The lowest BCUT2D eigenvalue weighted by Crippen LogP contribution is -2.39. The Labute approximate surface area is 188 Å². The molecule has 1 amide bonds. The van der Waals surface area contributed by atoms with Crippen molar-refractivity contribution in [2.45, 2.75) is 26.8 Å². The van der Waals surface area contributed by atoms with Crippen LogP contribution in [0, 0.1) is 6.92 Å². The van der Waals surface area contributed by atoms with E-state index >= 15 is 0 Å². The van der Waals surface area contributed by atoms with E-state index in [9.17, 15) is 4.79 Å². The van der Waals surface area contributed by atoms with Crippen LogP contribution in [0.5, 0.6) is 0 Å². The third-order valence-electron chi connectivity index (χ3n) is 3.93. The molecule has 2 aromatic rings. The molecule has 7 nitrogen and oxygen atoms in total. The Balaban J connectivity index is 0.00000392. The van der Waals surface area contributed by atoms with Crippen molar-refractivity contribution in [3.8, 4) is 0 Å². The van der Waals surface area contributed by atoms with Gasteiger partial charge >= 0.3 is 0 Å². The van der Waals surface area contributed by atoms with Crippen LogP contribution in [0.4, 0.5) is 5.82 Å². The van der Waals surface area contributed by atoms with Crippen LogP contribution in [0.25, 0.3) is 0 Å². The molecule has 9 heteroatoms. The molecule has 2 rings (SSSR count). The molecule has 0 saturated carbocycles. The molecular formula is C19H28ClIN6O. The summed E-state index contributed by atoms with van der Waals surface area (Å²) in [6, 6.07) is 7.46. The van der Waals surface area contributed by atoms with Gasteiger partial charge in [0, 0.05) is 44.6 Å². The highest BCUT2D eigenvalue weighted by Crippen LogP contribution is 2.14. The van der Waals surface area contributed by atoms with Crippen LogP contribution in [-0.4, -0.2) is 46.5 Å². The number of aromatic nitrogens is 2. The van der Waals surface area contributed by atoms with Gasteiger partial charge in [0.2, 0.25) is 5.91 Å². The number of rotatable bonds is 7. The smallest absolute Gasteiger partial charge is 0.227 e. The van der Waals surface area contributed by atoms with Gasteiger partial charge in [-0.1, -0.05) is 17.7 Å². The first-order valence-corrected chi connectivity index (χ1v) is 9.30. The summed E-state index contributed by atoms with van der Waals surface area (Å²) in [5.74, 6) is 1.20. The van der Waals surface area contributed by atoms with Gasteiger partial charge in [-0.05, 0) is 32.0 Å². The maximum Gasteiger partial charge on any atom is 0.227 e. The molecular weight excluding hydrogens is 491 g/mol. The largest absolute Gasteiger partial charge is 0.357 e. The van der Waals surface area contributed by atoms with Gasteiger partial charge in [-0.15, -0.1) is 24.0 Å². The minimum atomic E-state index is -0.107. The summed E-state index contributed by atoms with van der Waals surface area (Å²) in [4.78, 5) is 22.9. The number of nitrogens with one attached hydrogen (secondary N) is 2. The van der Waals surface area contributed by atoms with Gasteiger partial charge in [-0.25, -0.2) is 4.98 Å². The quantitative estimate of drug-likeness (QED) is 0.335. The summed E-state index contributed by atoms with van der Waals surface area (Å²) in [6.07, 6.45) is 2.16. The minimum Gasteiger partial charge on any atom is -0.357 e. The summed E-state index contributed by atoms with van der Waals surface area (Å²) in [7, 11) is 3.92. The highest BCUT2D eigenvalue weighted by Gasteiger charge is 2.10. The molecule has 0 bridgehead atoms. The van der Waals surface area contributed by atoms with E-state index in [4.69, 9.17) is 11.6 Å². The van der Waals surface area contributed by atoms with Gasteiger partial charge in [0.15, 0.2) is 5.96 Å².